The maximum absolute atomic E-state index is 13.1. The van der Waals surface area contributed by atoms with E-state index in [0.717, 1.165) is 37.7 Å². The van der Waals surface area contributed by atoms with Crippen molar-refractivity contribution in [2.75, 3.05) is 13.1 Å². The van der Waals surface area contributed by atoms with Crippen LogP contribution in [0.15, 0.2) is 41.3 Å². The van der Waals surface area contributed by atoms with Crippen molar-refractivity contribution in [3.8, 4) is 0 Å². The van der Waals surface area contributed by atoms with Crippen LogP contribution < -0.4 is 5.32 Å². The molecule has 2 aromatic rings. The number of carbonyl (C=O) groups excluding carboxylic acids is 1. The minimum atomic E-state index is -3.57. The zero-order valence-electron chi connectivity index (χ0n) is 18.5. The molecule has 0 spiro atoms. The van der Waals surface area contributed by atoms with Gasteiger partial charge < -0.3 is 5.32 Å². The molecule has 1 saturated heterocycles. The predicted octanol–water partition coefficient (Wildman–Crippen LogP) is 4.54. The number of amides is 1. The molecule has 1 fully saturated rings. The van der Waals surface area contributed by atoms with Crippen molar-refractivity contribution in [3.63, 3.8) is 0 Å². The molecule has 1 N–H and O–H groups in total. The van der Waals surface area contributed by atoms with Crippen LogP contribution in [-0.4, -0.2) is 31.7 Å². The van der Waals surface area contributed by atoms with E-state index in [1.54, 1.807) is 19.1 Å². The fourth-order valence-corrected chi connectivity index (χ4v) is 6.49. The topological polar surface area (TPSA) is 66.5 Å². The second kappa shape index (κ2) is 9.13. The summed E-state index contributed by atoms with van der Waals surface area (Å²) in [4.78, 5) is 13.3. The van der Waals surface area contributed by atoms with Crippen LogP contribution in [0.25, 0.3) is 0 Å². The molecular formula is C25H32N2O3S. The van der Waals surface area contributed by atoms with Crippen molar-refractivity contribution in [1.29, 1.82) is 0 Å². The van der Waals surface area contributed by atoms with Gasteiger partial charge in [-0.25, -0.2) is 8.42 Å². The summed E-state index contributed by atoms with van der Waals surface area (Å²) < 4.78 is 27.6. The van der Waals surface area contributed by atoms with Gasteiger partial charge >= 0.3 is 0 Å². The van der Waals surface area contributed by atoms with Gasteiger partial charge in [-0.3, -0.25) is 4.79 Å². The first-order valence-corrected chi connectivity index (χ1v) is 12.9. The van der Waals surface area contributed by atoms with E-state index in [2.05, 4.69) is 30.4 Å². The minimum absolute atomic E-state index is 0.0975. The molecule has 1 heterocycles. The van der Waals surface area contributed by atoms with Crippen LogP contribution in [0.3, 0.4) is 0 Å². The van der Waals surface area contributed by atoms with Crippen molar-refractivity contribution in [1.82, 2.24) is 9.62 Å². The highest BCUT2D eigenvalue weighted by Gasteiger charge is 2.29. The van der Waals surface area contributed by atoms with E-state index < -0.39 is 10.0 Å². The Morgan fingerprint density at radius 1 is 1.00 bits per heavy atom. The van der Waals surface area contributed by atoms with E-state index in [9.17, 15) is 13.2 Å². The molecule has 1 aliphatic heterocycles. The Morgan fingerprint density at radius 3 is 2.42 bits per heavy atom. The monoisotopic (exact) mass is 440 g/mol. The number of sulfonamides is 1. The molecule has 0 radical (unpaired) electrons. The molecule has 2 aliphatic rings. The zero-order valence-corrected chi connectivity index (χ0v) is 19.3. The highest BCUT2D eigenvalue weighted by molar-refractivity contribution is 7.89. The molecule has 31 heavy (non-hydrogen) atoms. The van der Waals surface area contributed by atoms with Crippen molar-refractivity contribution in [3.05, 3.63) is 64.2 Å². The summed E-state index contributed by atoms with van der Waals surface area (Å²) in [5.74, 6) is -0.234. The standard InChI is InChI=1S/C25H32N2O3S/c1-3-23(21-13-12-19-8-4-5-9-20(19)16-21)26-25(28)22-11-10-18(2)24(17-22)31(29,30)27-14-6-7-15-27/h10-13,16-17,23H,3-9,14-15H2,1-2H3,(H,26,28). The van der Waals surface area contributed by atoms with E-state index in [-0.39, 0.29) is 16.8 Å². The second-order valence-electron chi connectivity index (χ2n) is 8.76. The van der Waals surface area contributed by atoms with Crippen LogP contribution in [0.5, 0.6) is 0 Å². The lowest BCUT2D eigenvalue weighted by Gasteiger charge is -2.22. The molecule has 6 heteroatoms. The average molecular weight is 441 g/mol. The lowest BCUT2D eigenvalue weighted by Crippen LogP contribution is -2.30. The molecule has 0 aromatic heterocycles. The quantitative estimate of drug-likeness (QED) is 0.717. The van der Waals surface area contributed by atoms with E-state index in [4.69, 9.17) is 0 Å². The summed E-state index contributed by atoms with van der Waals surface area (Å²) >= 11 is 0. The fourth-order valence-electron chi connectivity index (χ4n) is 4.72. The van der Waals surface area contributed by atoms with Crippen LogP contribution >= 0.6 is 0 Å². The summed E-state index contributed by atoms with van der Waals surface area (Å²) in [5, 5.41) is 3.13. The van der Waals surface area contributed by atoms with E-state index in [0.29, 0.717) is 24.2 Å². The normalized spacial score (nSPS) is 17.9. The Kier molecular flexibility index (Phi) is 6.49. The van der Waals surface area contributed by atoms with Gasteiger partial charge in [-0.2, -0.15) is 4.31 Å². The first-order chi connectivity index (χ1) is 14.9. The summed E-state index contributed by atoms with van der Waals surface area (Å²) in [6.07, 6.45) is 7.25. The number of hydrogen-bond donors (Lipinski definition) is 1. The summed E-state index contributed by atoms with van der Waals surface area (Å²) in [7, 11) is -3.57. The number of aryl methyl sites for hydroxylation is 3. The Bertz CT molecular complexity index is 1070. The van der Waals surface area contributed by atoms with Gasteiger partial charge in [0.05, 0.1) is 10.9 Å². The number of rotatable bonds is 6. The number of hydrogen-bond acceptors (Lipinski definition) is 3. The molecule has 0 saturated carbocycles. The van der Waals surface area contributed by atoms with Gasteiger partial charge in [-0.05, 0) is 86.3 Å². The number of carbonyl (C=O) groups is 1. The second-order valence-corrected chi connectivity index (χ2v) is 10.7. The molecule has 1 amide bonds. The molecule has 1 aliphatic carbocycles. The third kappa shape index (κ3) is 4.55. The maximum Gasteiger partial charge on any atom is 0.251 e. The number of fused-ring (bicyclic) bond motifs is 1. The SMILES string of the molecule is CCC(NC(=O)c1ccc(C)c(S(=O)(=O)N2CCCC2)c1)c1ccc2c(c1)CCCC2. The molecular weight excluding hydrogens is 408 g/mol. The highest BCUT2D eigenvalue weighted by Crippen LogP contribution is 2.27. The third-order valence-corrected chi connectivity index (χ3v) is 8.66. The number of benzene rings is 2. The van der Waals surface area contributed by atoms with Gasteiger partial charge in [-0.1, -0.05) is 31.2 Å². The maximum atomic E-state index is 13.1. The van der Waals surface area contributed by atoms with Crippen LogP contribution in [-0.2, 0) is 22.9 Å². The van der Waals surface area contributed by atoms with E-state index in [1.165, 1.54) is 34.3 Å². The van der Waals surface area contributed by atoms with Gasteiger partial charge in [0.1, 0.15) is 0 Å². The van der Waals surface area contributed by atoms with Crippen LogP contribution in [0, 0.1) is 6.92 Å². The Morgan fingerprint density at radius 2 is 1.71 bits per heavy atom. The fraction of sp³-hybridized carbons (Fsp3) is 0.480. The number of nitrogens with one attached hydrogen (secondary N) is 1. The van der Waals surface area contributed by atoms with E-state index in [1.807, 2.05) is 0 Å². The summed E-state index contributed by atoms with van der Waals surface area (Å²) in [6, 6.07) is 11.5. The van der Waals surface area contributed by atoms with E-state index >= 15 is 0 Å². The zero-order chi connectivity index (χ0) is 22.0. The van der Waals surface area contributed by atoms with Gasteiger partial charge in [0, 0.05) is 18.7 Å². The van der Waals surface area contributed by atoms with Crippen molar-refractivity contribution in [2.45, 2.75) is 69.7 Å². The van der Waals surface area contributed by atoms with Gasteiger partial charge in [0.2, 0.25) is 10.0 Å². The van der Waals surface area contributed by atoms with Crippen molar-refractivity contribution >= 4 is 15.9 Å². The molecule has 2 aromatic carbocycles. The summed E-state index contributed by atoms with van der Waals surface area (Å²) in [6.45, 7) is 4.94. The number of nitrogens with zero attached hydrogens (tertiary/aromatic N) is 1. The summed E-state index contributed by atoms with van der Waals surface area (Å²) in [5.41, 5.74) is 5.00. The third-order valence-electron chi connectivity index (χ3n) is 6.62. The van der Waals surface area contributed by atoms with Gasteiger partial charge in [-0.15, -0.1) is 0 Å². The molecule has 1 unspecified atom stereocenters. The molecule has 4 rings (SSSR count). The predicted molar refractivity (Wildman–Crippen MR) is 123 cm³/mol. The lowest BCUT2D eigenvalue weighted by molar-refractivity contribution is 0.0935. The Hall–Kier alpha value is -2.18. The molecule has 1 atom stereocenters. The first kappa shape index (κ1) is 22.0. The highest BCUT2D eigenvalue weighted by atomic mass is 32.2. The van der Waals surface area contributed by atoms with Gasteiger partial charge in [0.15, 0.2) is 0 Å². The van der Waals surface area contributed by atoms with Crippen molar-refractivity contribution in [2.24, 2.45) is 0 Å². The average Bonchev–Trinajstić information content (AvgIpc) is 3.33. The molecule has 5 nitrogen and oxygen atoms in total. The smallest absolute Gasteiger partial charge is 0.251 e. The van der Waals surface area contributed by atoms with Crippen LogP contribution in [0.2, 0.25) is 0 Å². The van der Waals surface area contributed by atoms with Crippen LogP contribution in [0.4, 0.5) is 0 Å². The largest absolute Gasteiger partial charge is 0.345 e. The van der Waals surface area contributed by atoms with Gasteiger partial charge in [0.25, 0.3) is 5.91 Å². The molecule has 166 valence electrons. The Balaban J connectivity index is 1.56. The Labute approximate surface area is 185 Å². The first-order valence-electron chi connectivity index (χ1n) is 11.4. The van der Waals surface area contributed by atoms with Crippen LogP contribution in [0.1, 0.15) is 77.7 Å². The lowest BCUT2D eigenvalue weighted by atomic mass is 9.88. The van der Waals surface area contributed by atoms with Crippen molar-refractivity contribution < 1.29 is 13.2 Å². The molecule has 0 bridgehead atoms. The minimum Gasteiger partial charge on any atom is -0.345 e.